The Kier molecular flexibility index (Phi) is 6.09. The zero-order valence-electron chi connectivity index (χ0n) is 12.8. The molecule has 0 aliphatic heterocycles. The van der Waals surface area contributed by atoms with Gasteiger partial charge in [0.2, 0.25) is 0 Å². The Bertz CT molecular complexity index is 1040. The molecule has 132 valence electrons. The fourth-order valence-corrected chi connectivity index (χ4v) is 2.94. The standard InChI is InChI=1S/C16H9Cl2N3O4S/c17-11-1-3-12(4-2-11)25-15-6-16(26(22,23)24)13(18)5-14(15)21-9-10(7-19)8-20/h1-6,9,21H,(H,22,23,24). The number of nitrogens with one attached hydrogen (secondary N) is 1. The molecule has 7 nitrogen and oxygen atoms in total. The van der Waals surface area contributed by atoms with Crippen LogP contribution in [-0.2, 0) is 10.1 Å². The third kappa shape index (κ3) is 4.88. The van der Waals surface area contributed by atoms with Gasteiger partial charge in [-0.2, -0.15) is 18.9 Å². The van der Waals surface area contributed by atoms with Crippen LogP contribution in [0.4, 0.5) is 5.69 Å². The highest BCUT2D eigenvalue weighted by Crippen LogP contribution is 2.37. The van der Waals surface area contributed by atoms with E-state index in [0.29, 0.717) is 10.8 Å². The van der Waals surface area contributed by atoms with Crippen LogP contribution in [0.15, 0.2) is 53.1 Å². The molecule has 0 heterocycles. The van der Waals surface area contributed by atoms with Crippen molar-refractivity contribution >= 4 is 39.0 Å². The number of anilines is 1. The molecule has 0 atom stereocenters. The van der Waals surface area contributed by atoms with Crippen molar-refractivity contribution < 1.29 is 17.7 Å². The fraction of sp³-hybridized carbons (Fsp3) is 0. The van der Waals surface area contributed by atoms with E-state index in [1.807, 2.05) is 0 Å². The van der Waals surface area contributed by atoms with Crippen molar-refractivity contribution in [3.05, 3.63) is 58.2 Å². The van der Waals surface area contributed by atoms with E-state index in [9.17, 15) is 13.0 Å². The van der Waals surface area contributed by atoms with Gasteiger partial charge < -0.3 is 10.1 Å². The number of nitrogens with zero attached hydrogens (tertiary/aromatic N) is 2. The maximum Gasteiger partial charge on any atom is 0.296 e. The molecule has 2 rings (SSSR count). The number of ether oxygens (including phenoxy) is 1. The van der Waals surface area contributed by atoms with Gasteiger partial charge in [0.15, 0.2) is 5.75 Å². The van der Waals surface area contributed by atoms with Gasteiger partial charge in [0.1, 0.15) is 28.4 Å². The van der Waals surface area contributed by atoms with Crippen molar-refractivity contribution in [3.8, 4) is 23.6 Å². The molecular weight excluding hydrogens is 401 g/mol. The predicted octanol–water partition coefficient (Wildman–Crippen LogP) is 4.38. The van der Waals surface area contributed by atoms with E-state index < -0.39 is 15.0 Å². The normalized spacial score (nSPS) is 10.3. The van der Waals surface area contributed by atoms with Gasteiger partial charge in [-0.05, 0) is 30.3 Å². The number of benzene rings is 2. The lowest BCUT2D eigenvalue weighted by Crippen LogP contribution is -2.02. The SMILES string of the molecule is N#CC(C#N)=CNc1cc(Cl)c(S(=O)(=O)O)cc1Oc1ccc(Cl)cc1. The van der Waals surface area contributed by atoms with Crippen LogP contribution in [0.5, 0.6) is 11.5 Å². The zero-order valence-corrected chi connectivity index (χ0v) is 15.1. The van der Waals surface area contributed by atoms with Crippen LogP contribution in [0.1, 0.15) is 0 Å². The first-order chi connectivity index (χ1) is 12.2. The van der Waals surface area contributed by atoms with Crippen LogP contribution in [0.25, 0.3) is 0 Å². The van der Waals surface area contributed by atoms with Gasteiger partial charge in [0.05, 0.1) is 10.7 Å². The summed E-state index contributed by atoms with van der Waals surface area (Å²) in [4.78, 5) is -0.557. The molecular formula is C16H9Cl2N3O4S. The molecule has 0 spiro atoms. The molecule has 0 unspecified atom stereocenters. The second kappa shape index (κ2) is 8.09. The number of hydrogen-bond donors (Lipinski definition) is 2. The van der Waals surface area contributed by atoms with Crippen LogP contribution >= 0.6 is 23.2 Å². The second-order valence-corrected chi connectivity index (χ2v) is 6.97. The first-order valence-corrected chi connectivity index (χ1v) is 8.95. The molecule has 0 aliphatic rings. The minimum absolute atomic E-state index is 0.0178. The van der Waals surface area contributed by atoms with E-state index in [1.54, 1.807) is 36.4 Å². The molecule has 2 aromatic carbocycles. The van der Waals surface area contributed by atoms with Crippen LogP contribution in [0, 0.1) is 22.7 Å². The summed E-state index contributed by atoms with van der Waals surface area (Å²) in [6.45, 7) is 0. The van der Waals surface area contributed by atoms with Crippen LogP contribution in [0.2, 0.25) is 10.0 Å². The van der Waals surface area contributed by atoms with Gasteiger partial charge in [0, 0.05) is 17.3 Å². The average molecular weight is 410 g/mol. The van der Waals surface area contributed by atoms with Gasteiger partial charge >= 0.3 is 0 Å². The monoisotopic (exact) mass is 409 g/mol. The maximum absolute atomic E-state index is 11.5. The van der Waals surface area contributed by atoms with Crippen molar-refractivity contribution in [2.24, 2.45) is 0 Å². The van der Waals surface area contributed by atoms with Crippen molar-refractivity contribution in [2.75, 3.05) is 5.32 Å². The topological polar surface area (TPSA) is 123 Å². The Balaban J connectivity index is 2.53. The minimum atomic E-state index is -4.59. The van der Waals surface area contributed by atoms with Gasteiger partial charge in [-0.3, -0.25) is 4.55 Å². The lowest BCUT2D eigenvalue weighted by molar-refractivity contribution is 0.473. The maximum atomic E-state index is 11.5. The van der Waals surface area contributed by atoms with Crippen molar-refractivity contribution in [2.45, 2.75) is 4.90 Å². The highest BCUT2D eigenvalue weighted by molar-refractivity contribution is 7.86. The summed E-state index contributed by atoms with van der Waals surface area (Å²) in [6.07, 6.45) is 1.10. The smallest absolute Gasteiger partial charge is 0.296 e. The second-order valence-electron chi connectivity index (χ2n) is 4.74. The van der Waals surface area contributed by atoms with E-state index in [-0.39, 0.29) is 22.0 Å². The third-order valence-electron chi connectivity index (χ3n) is 2.97. The molecule has 10 heteroatoms. The molecule has 0 saturated heterocycles. The first-order valence-electron chi connectivity index (χ1n) is 6.76. The highest BCUT2D eigenvalue weighted by atomic mass is 35.5. The van der Waals surface area contributed by atoms with E-state index in [4.69, 9.17) is 38.5 Å². The Labute approximate surface area is 159 Å². The molecule has 0 amide bonds. The number of allylic oxidation sites excluding steroid dienone is 1. The van der Waals surface area contributed by atoms with E-state index in [2.05, 4.69) is 5.32 Å². The molecule has 0 saturated carbocycles. The average Bonchev–Trinajstić information content (AvgIpc) is 2.58. The summed E-state index contributed by atoms with van der Waals surface area (Å²) in [5, 5.41) is 20.4. The fourth-order valence-electron chi connectivity index (χ4n) is 1.80. The summed E-state index contributed by atoms with van der Waals surface area (Å²) in [5.74, 6) is 0.307. The quantitative estimate of drug-likeness (QED) is 0.554. The summed E-state index contributed by atoms with van der Waals surface area (Å²) < 4.78 is 37.8. The van der Waals surface area contributed by atoms with Crippen LogP contribution < -0.4 is 10.1 Å². The van der Waals surface area contributed by atoms with E-state index >= 15 is 0 Å². The molecule has 0 aromatic heterocycles. The van der Waals surface area contributed by atoms with E-state index in [1.165, 1.54) is 6.07 Å². The Morgan fingerprint density at radius 1 is 1.15 bits per heavy atom. The number of rotatable bonds is 5. The molecule has 0 radical (unpaired) electrons. The predicted molar refractivity (Wildman–Crippen MR) is 95.7 cm³/mol. The van der Waals surface area contributed by atoms with Crippen molar-refractivity contribution in [3.63, 3.8) is 0 Å². The zero-order chi connectivity index (χ0) is 19.3. The van der Waals surface area contributed by atoms with Gasteiger partial charge in [-0.15, -0.1) is 0 Å². The molecule has 0 bridgehead atoms. The molecule has 0 aliphatic carbocycles. The number of hydrogen-bond acceptors (Lipinski definition) is 6. The highest BCUT2D eigenvalue weighted by Gasteiger charge is 2.19. The van der Waals surface area contributed by atoms with Gasteiger partial charge in [0.25, 0.3) is 10.1 Å². The molecule has 2 N–H and O–H groups in total. The lowest BCUT2D eigenvalue weighted by Gasteiger charge is -2.13. The molecule has 26 heavy (non-hydrogen) atoms. The molecule has 2 aromatic rings. The lowest BCUT2D eigenvalue weighted by atomic mass is 10.2. The van der Waals surface area contributed by atoms with Crippen molar-refractivity contribution in [1.29, 1.82) is 10.5 Å². The Morgan fingerprint density at radius 3 is 2.31 bits per heavy atom. The first kappa shape index (κ1) is 19.6. The van der Waals surface area contributed by atoms with E-state index in [0.717, 1.165) is 12.3 Å². The number of nitriles is 2. The molecule has 0 fully saturated rings. The summed E-state index contributed by atoms with van der Waals surface area (Å²) in [5.41, 5.74) is -0.0576. The largest absolute Gasteiger partial charge is 0.455 e. The summed E-state index contributed by atoms with van der Waals surface area (Å²) in [7, 11) is -4.59. The Hall–Kier alpha value is -2.75. The van der Waals surface area contributed by atoms with Gasteiger partial charge in [-0.1, -0.05) is 23.2 Å². The van der Waals surface area contributed by atoms with Crippen LogP contribution in [-0.4, -0.2) is 13.0 Å². The third-order valence-corrected chi connectivity index (χ3v) is 4.54. The number of halogens is 2. The minimum Gasteiger partial charge on any atom is -0.455 e. The van der Waals surface area contributed by atoms with Crippen molar-refractivity contribution in [1.82, 2.24) is 0 Å². The summed E-state index contributed by atoms with van der Waals surface area (Å²) >= 11 is 11.7. The van der Waals surface area contributed by atoms with Gasteiger partial charge in [-0.25, -0.2) is 0 Å². The Morgan fingerprint density at radius 2 is 1.77 bits per heavy atom. The summed E-state index contributed by atoms with van der Waals surface area (Å²) in [6, 6.07) is 11.7. The van der Waals surface area contributed by atoms with Crippen LogP contribution in [0.3, 0.4) is 0 Å².